The molecule has 1 aromatic carbocycles. The SMILES string of the molecule is N#CSc1c[nH]c2ccc(F)c(F)c12. The summed E-state index contributed by atoms with van der Waals surface area (Å²) in [5.74, 6) is -1.82. The molecule has 0 spiro atoms. The molecule has 1 heterocycles. The van der Waals surface area contributed by atoms with Crippen LogP contribution in [0.3, 0.4) is 0 Å². The van der Waals surface area contributed by atoms with Crippen molar-refractivity contribution in [3.63, 3.8) is 0 Å². The molecule has 0 amide bonds. The Morgan fingerprint density at radius 3 is 2.86 bits per heavy atom. The van der Waals surface area contributed by atoms with Crippen LogP contribution in [0, 0.1) is 22.3 Å². The van der Waals surface area contributed by atoms with Crippen LogP contribution in [0.2, 0.25) is 0 Å². The van der Waals surface area contributed by atoms with E-state index in [1.165, 1.54) is 12.3 Å². The van der Waals surface area contributed by atoms with Crippen LogP contribution in [0.1, 0.15) is 0 Å². The fourth-order valence-electron chi connectivity index (χ4n) is 1.26. The molecule has 0 atom stereocenters. The molecule has 1 N–H and O–H groups in total. The number of nitrogens with zero attached hydrogens (tertiary/aromatic N) is 1. The van der Waals surface area contributed by atoms with Gasteiger partial charge in [0.2, 0.25) is 0 Å². The van der Waals surface area contributed by atoms with E-state index >= 15 is 0 Å². The summed E-state index contributed by atoms with van der Waals surface area (Å²) in [4.78, 5) is 3.16. The summed E-state index contributed by atoms with van der Waals surface area (Å²) in [6.45, 7) is 0. The lowest BCUT2D eigenvalue weighted by atomic mass is 10.2. The molecule has 5 heteroatoms. The molecule has 0 aliphatic carbocycles. The van der Waals surface area contributed by atoms with Gasteiger partial charge in [-0.3, -0.25) is 0 Å². The molecule has 0 aliphatic rings. The second kappa shape index (κ2) is 3.31. The van der Waals surface area contributed by atoms with Crippen molar-refractivity contribution in [3.8, 4) is 5.40 Å². The van der Waals surface area contributed by atoms with Crippen molar-refractivity contribution < 1.29 is 8.78 Å². The van der Waals surface area contributed by atoms with E-state index in [-0.39, 0.29) is 5.39 Å². The number of hydrogen-bond donors (Lipinski definition) is 1. The largest absolute Gasteiger partial charge is 0.360 e. The van der Waals surface area contributed by atoms with Gasteiger partial charge in [0.15, 0.2) is 11.6 Å². The van der Waals surface area contributed by atoms with Crippen molar-refractivity contribution in [2.45, 2.75) is 4.90 Å². The number of aromatic amines is 1. The molecule has 0 unspecified atom stereocenters. The first kappa shape index (κ1) is 9.03. The van der Waals surface area contributed by atoms with Crippen LogP contribution >= 0.6 is 11.8 Å². The highest BCUT2D eigenvalue weighted by Gasteiger charge is 2.12. The average molecular weight is 210 g/mol. The smallest absolute Gasteiger partial charge is 0.169 e. The number of hydrogen-bond acceptors (Lipinski definition) is 2. The van der Waals surface area contributed by atoms with Gasteiger partial charge in [0.05, 0.1) is 10.3 Å². The molecular formula is C9H4F2N2S. The Kier molecular flexibility index (Phi) is 2.14. The van der Waals surface area contributed by atoms with Gasteiger partial charge in [-0.15, -0.1) is 0 Å². The van der Waals surface area contributed by atoms with E-state index in [0.29, 0.717) is 10.4 Å². The van der Waals surface area contributed by atoms with Crippen LogP contribution in [0.5, 0.6) is 0 Å². The normalized spacial score (nSPS) is 10.4. The number of nitrogens with one attached hydrogen (secondary N) is 1. The van der Waals surface area contributed by atoms with Gasteiger partial charge < -0.3 is 4.98 Å². The third-order valence-corrected chi connectivity index (χ3v) is 2.49. The second-order valence-corrected chi connectivity index (χ2v) is 3.46. The van der Waals surface area contributed by atoms with Crippen molar-refractivity contribution in [3.05, 3.63) is 30.0 Å². The first-order valence-electron chi connectivity index (χ1n) is 3.75. The average Bonchev–Trinajstić information content (AvgIpc) is 2.57. The number of rotatable bonds is 1. The molecule has 0 fully saturated rings. The second-order valence-electron chi connectivity index (χ2n) is 2.63. The molecule has 0 saturated heterocycles. The van der Waals surface area contributed by atoms with Crippen LogP contribution in [-0.4, -0.2) is 4.98 Å². The Labute approximate surface area is 82.5 Å². The van der Waals surface area contributed by atoms with Gasteiger partial charge in [-0.1, -0.05) is 0 Å². The van der Waals surface area contributed by atoms with E-state index in [4.69, 9.17) is 5.26 Å². The van der Waals surface area contributed by atoms with Crippen LogP contribution in [0.25, 0.3) is 10.9 Å². The van der Waals surface area contributed by atoms with Gasteiger partial charge in [-0.05, 0) is 23.9 Å². The maximum absolute atomic E-state index is 13.3. The maximum Gasteiger partial charge on any atom is 0.169 e. The number of aromatic nitrogens is 1. The van der Waals surface area contributed by atoms with Crippen LogP contribution < -0.4 is 0 Å². The number of thioether (sulfide) groups is 1. The van der Waals surface area contributed by atoms with Crippen molar-refractivity contribution >= 4 is 22.7 Å². The molecule has 0 radical (unpaired) electrons. The molecular weight excluding hydrogens is 206 g/mol. The summed E-state index contributed by atoms with van der Waals surface area (Å²) in [6, 6.07) is 2.49. The van der Waals surface area contributed by atoms with Crippen molar-refractivity contribution in [1.29, 1.82) is 5.26 Å². The number of benzene rings is 1. The predicted molar refractivity (Wildman–Crippen MR) is 49.7 cm³/mol. The van der Waals surface area contributed by atoms with Crippen LogP contribution in [-0.2, 0) is 0 Å². The van der Waals surface area contributed by atoms with Crippen molar-refractivity contribution in [2.24, 2.45) is 0 Å². The molecule has 0 saturated carbocycles. The Hall–Kier alpha value is -1.54. The van der Waals surface area contributed by atoms with Crippen molar-refractivity contribution in [1.82, 2.24) is 4.98 Å². The molecule has 2 aromatic rings. The highest BCUT2D eigenvalue weighted by molar-refractivity contribution is 8.04. The number of halogens is 2. The quantitative estimate of drug-likeness (QED) is 0.580. The number of nitriles is 1. The molecule has 70 valence electrons. The minimum Gasteiger partial charge on any atom is -0.360 e. The Morgan fingerprint density at radius 2 is 2.14 bits per heavy atom. The van der Waals surface area contributed by atoms with Crippen molar-refractivity contribution in [2.75, 3.05) is 0 Å². The minimum atomic E-state index is -0.915. The third-order valence-electron chi connectivity index (χ3n) is 1.86. The summed E-state index contributed by atoms with van der Waals surface area (Å²) < 4.78 is 26.2. The van der Waals surface area contributed by atoms with Gasteiger partial charge in [-0.2, -0.15) is 5.26 Å². The van der Waals surface area contributed by atoms with E-state index in [1.54, 1.807) is 0 Å². The Balaban J connectivity index is 2.77. The number of H-pyrrole nitrogens is 1. The van der Waals surface area contributed by atoms with Gasteiger partial charge in [0, 0.05) is 11.7 Å². The zero-order valence-electron chi connectivity index (χ0n) is 6.84. The lowest BCUT2D eigenvalue weighted by Gasteiger charge is -1.95. The first-order valence-corrected chi connectivity index (χ1v) is 4.56. The minimum absolute atomic E-state index is 0.136. The monoisotopic (exact) mass is 210 g/mol. The molecule has 2 nitrogen and oxygen atoms in total. The maximum atomic E-state index is 13.3. The summed E-state index contributed by atoms with van der Waals surface area (Å²) in [5.41, 5.74) is 0.488. The predicted octanol–water partition coefficient (Wildman–Crippen LogP) is 3.02. The molecule has 0 aliphatic heterocycles. The lowest BCUT2D eigenvalue weighted by Crippen LogP contribution is -1.84. The van der Waals surface area contributed by atoms with Gasteiger partial charge in [-0.25, -0.2) is 8.78 Å². The fourth-order valence-corrected chi connectivity index (χ4v) is 1.77. The van der Waals surface area contributed by atoms with Crippen LogP contribution in [0.15, 0.2) is 23.2 Å². The number of fused-ring (bicyclic) bond motifs is 1. The summed E-state index contributed by atoms with van der Waals surface area (Å²) in [5, 5.41) is 10.4. The van der Waals surface area contributed by atoms with E-state index in [0.717, 1.165) is 17.8 Å². The fraction of sp³-hybridized carbons (Fsp3) is 0. The molecule has 0 bridgehead atoms. The summed E-state index contributed by atoms with van der Waals surface area (Å²) in [6.07, 6.45) is 1.49. The van der Waals surface area contributed by atoms with Gasteiger partial charge in [0.25, 0.3) is 0 Å². The highest BCUT2D eigenvalue weighted by atomic mass is 32.2. The Bertz CT molecular complexity index is 527. The third kappa shape index (κ3) is 1.24. The van der Waals surface area contributed by atoms with E-state index in [1.807, 2.05) is 5.40 Å². The van der Waals surface area contributed by atoms with Crippen LogP contribution in [0.4, 0.5) is 8.78 Å². The summed E-state index contributed by atoms with van der Waals surface area (Å²) in [7, 11) is 0. The van der Waals surface area contributed by atoms with Gasteiger partial charge in [0.1, 0.15) is 5.40 Å². The molecule has 1 aromatic heterocycles. The summed E-state index contributed by atoms with van der Waals surface area (Å²) >= 11 is 0.802. The standard InChI is InChI=1S/C9H4F2N2S/c10-5-1-2-6-8(9(5)11)7(3-13-6)14-4-12/h1-3,13H. The highest BCUT2D eigenvalue weighted by Crippen LogP contribution is 2.30. The van der Waals surface area contributed by atoms with E-state index < -0.39 is 11.6 Å². The van der Waals surface area contributed by atoms with E-state index in [9.17, 15) is 8.78 Å². The lowest BCUT2D eigenvalue weighted by molar-refractivity contribution is 0.516. The topological polar surface area (TPSA) is 39.6 Å². The molecule has 14 heavy (non-hydrogen) atoms. The zero-order chi connectivity index (χ0) is 10.1. The zero-order valence-corrected chi connectivity index (χ0v) is 7.66. The first-order chi connectivity index (χ1) is 6.74. The van der Waals surface area contributed by atoms with E-state index in [2.05, 4.69) is 4.98 Å². The molecule has 2 rings (SSSR count). The van der Waals surface area contributed by atoms with Gasteiger partial charge >= 0.3 is 0 Å². The number of thiocyanates is 1. The Morgan fingerprint density at radius 1 is 1.36 bits per heavy atom.